The van der Waals surface area contributed by atoms with Crippen LogP contribution in [0.1, 0.15) is 25.3 Å². The molecule has 1 aliphatic rings. The van der Waals surface area contributed by atoms with Gasteiger partial charge in [-0.05, 0) is 30.5 Å². The smallest absolute Gasteiger partial charge is 0.0178 e. The van der Waals surface area contributed by atoms with Crippen LogP contribution < -0.4 is 5.73 Å². The second kappa shape index (κ2) is 3.10. The van der Waals surface area contributed by atoms with Crippen molar-refractivity contribution in [2.75, 3.05) is 0 Å². The lowest BCUT2D eigenvalue weighted by Crippen LogP contribution is -2.17. The van der Waals surface area contributed by atoms with Crippen LogP contribution in [0, 0.1) is 0 Å². The molecular formula is C11H14BrN. The molecule has 1 nitrogen and oxygen atoms in total. The maximum Gasteiger partial charge on any atom is 0.0178 e. The van der Waals surface area contributed by atoms with Crippen molar-refractivity contribution >= 4 is 15.9 Å². The highest BCUT2D eigenvalue weighted by molar-refractivity contribution is 9.10. The molecule has 0 spiro atoms. The standard InChI is InChI=1S/C11H14BrN/c1-2-11(7-10(11)13)8-4-3-5-9(12)6-8/h3-6,10H,2,7,13H2,1H3/t10-,11?/m1/s1. The van der Waals surface area contributed by atoms with Crippen molar-refractivity contribution in [2.24, 2.45) is 5.73 Å². The molecular weight excluding hydrogens is 226 g/mol. The summed E-state index contributed by atoms with van der Waals surface area (Å²) in [7, 11) is 0. The molecule has 1 unspecified atom stereocenters. The lowest BCUT2D eigenvalue weighted by atomic mass is 9.92. The van der Waals surface area contributed by atoms with Gasteiger partial charge in [0.15, 0.2) is 0 Å². The van der Waals surface area contributed by atoms with E-state index in [1.807, 2.05) is 0 Å². The fraction of sp³-hybridized carbons (Fsp3) is 0.455. The van der Waals surface area contributed by atoms with Gasteiger partial charge in [-0.2, -0.15) is 0 Å². The summed E-state index contributed by atoms with van der Waals surface area (Å²) < 4.78 is 1.15. The van der Waals surface area contributed by atoms with Gasteiger partial charge in [0, 0.05) is 15.9 Å². The van der Waals surface area contributed by atoms with E-state index in [2.05, 4.69) is 47.1 Å². The summed E-state index contributed by atoms with van der Waals surface area (Å²) in [6, 6.07) is 8.88. The van der Waals surface area contributed by atoms with Crippen LogP contribution in [-0.4, -0.2) is 6.04 Å². The molecule has 70 valence electrons. The number of benzene rings is 1. The summed E-state index contributed by atoms with van der Waals surface area (Å²) in [6.45, 7) is 2.22. The quantitative estimate of drug-likeness (QED) is 0.845. The third-order valence-electron chi connectivity index (χ3n) is 3.16. The summed E-state index contributed by atoms with van der Waals surface area (Å²) in [5.74, 6) is 0. The van der Waals surface area contributed by atoms with E-state index in [0.717, 1.165) is 17.3 Å². The number of halogens is 1. The molecule has 0 aliphatic heterocycles. The predicted molar refractivity (Wildman–Crippen MR) is 58.7 cm³/mol. The highest BCUT2D eigenvalue weighted by Crippen LogP contribution is 2.49. The van der Waals surface area contributed by atoms with Crippen LogP contribution in [0.4, 0.5) is 0 Å². The van der Waals surface area contributed by atoms with E-state index in [1.165, 1.54) is 5.56 Å². The Bertz CT molecular complexity index is 320. The first kappa shape index (κ1) is 9.22. The van der Waals surface area contributed by atoms with Crippen LogP contribution in [-0.2, 0) is 5.41 Å². The summed E-state index contributed by atoms with van der Waals surface area (Å²) in [6.07, 6.45) is 2.28. The van der Waals surface area contributed by atoms with Gasteiger partial charge >= 0.3 is 0 Å². The third-order valence-corrected chi connectivity index (χ3v) is 3.66. The zero-order valence-corrected chi connectivity index (χ0v) is 9.34. The molecule has 1 fully saturated rings. The Morgan fingerprint density at radius 2 is 2.31 bits per heavy atom. The van der Waals surface area contributed by atoms with Crippen molar-refractivity contribution in [3.63, 3.8) is 0 Å². The van der Waals surface area contributed by atoms with Gasteiger partial charge in [-0.15, -0.1) is 0 Å². The van der Waals surface area contributed by atoms with Crippen molar-refractivity contribution < 1.29 is 0 Å². The van der Waals surface area contributed by atoms with E-state index in [-0.39, 0.29) is 5.41 Å². The molecule has 1 saturated carbocycles. The lowest BCUT2D eigenvalue weighted by Gasteiger charge is -2.14. The van der Waals surface area contributed by atoms with Gasteiger partial charge in [0.2, 0.25) is 0 Å². The Morgan fingerprint density at radius 1 is 1.62 bits per heavy atom. The van der Waals surface area contributed by atoms with E-state index in [9.17, 15) is 0 Å². The Hall–Kier alpha value is -0.340. The Labute approximate surface area is 87.5 Å². The first-order chi connectivity index (χ1) is 6.19. The average molecular weight is 240 g/mol. The van der Waals surface area contributed by atoms with Crippen LogP contribution in [0.3, 0.4) is 0 Å². The minimum atomic E-state index is 0.282. The molecule has 13 heavy (non-hydrogen) atoms. The summed E-state index contributed by atoms with van der Waals surface area (Å²) in [4.78, 5) is 0. The topological polar surface area (TPSA) is 26.0 Å². The molecule has 2 atom stereocenters. The molecule has 0 bridgehead atoms. The van der Waals surface area contributed by atoms with E-state index >= 15 is 0 Å². The molecule has 2 rings (SSSR count). The summed E-state index contributed by atoms with van der Waals surface area (Å²) in [5, 5.41) is 0. The molecule has 2 N–H and O–H groups in total. The zero-order chi connectivity index (χ0) is 9.47. The minimum Gasteiger partial charge on any atom is -0.327 e. The Kier molecular flexibility index (Phi) is 2.20. The van der Waals surface area contributed by atoms with E-state index in [4.69, 9.17) is 5.73 Å². The number of rotatable bonds is 2. The molecule has 1 aromatic carbocycles. The second-order valence-corrected chi connectivity index (χ2v) is 4.75. The average Bonchev–Trinajstić information content (AvgIpc) is 2.78. The van der Waals surface area contributed by atoms with Gasteiger partial charge in [-0.1, -0.05) is 35.0 Å². The predicted octanol–water partition coefficient (Wildman–Crippen LogP) is 2.83. The highest BCUT2D eigenvalue weighted by atomic mass is 79.9. The van der Waals surface area contributed by atoms with Crippen LogP contribution in [0.25, 0.3) is 0 Å². The van der Waals surface area contributed by atoms with Crippen molar-refractivity contribution in [2.45, 2.75) is 31.2 Å². The lowest BCUT2D eigenvalue weighted by molar-refractivity contribution is 0.634. The third kappa shape index (κ3) is 1.42. The normalized spacial score (nSPS) is 31.8. The Balaban J connectivity index is 2.35. The van der Waals surface area contributed by atoms with Gasteiger partial charge in [-0.25, -0.2) is 0 Å². The van der Waals surface area contributed by atoms with Gasteiger partial charge in [-0.3, -0.25) is 0 Å². The Morgan fingerprint density at radius 3 is 2.77 bits per heavy atom. The van der Waals surface area contributed by atoms with Crippen LogP contribution in [0.2, 0.25) is 0 Å². The zero-order valence-electron chi connectivity index (χ0n) is 7.76. The van der Waals surface area contributed by atoms with Gasteiger partial charge in [0.05, 0.1) is 0 Å². The SMILES string of the molecule is CCC1(c2cccc(Br)c2)C[C@H]1N. The number of hydrogen-bond acceptors (Lipinski definition) is 1. The first-order valence-corrected chi connectivity index (χ1v) is 5.50. The first-order valence-electron chi connectivity index (χ1n) is 4.70. The molecule has 0 heterocycles. The maximum absolute atomic E-state index is 5.98. The minimum absolute atomic E-state index is 0.282. The van der Waals surface area contributed by atoms with Crippen molar-refractivity contribution in [3.05, 3.63) is 34.3 Å². The fourth-order valence-electron chi connectivity index (χ4n) is 2.07. The van der Waals surface area contributed by atoms with Gasteiger partial charge < -0.3 is 5.73 Å². The maximum atomic E-state index is 5.98. The molecule has 2 heteroatoms. The summed E-state index contributed by atoms with van der Waals surface area (Å²) in [5.41, 5.74) is 7.65. The molecule has 0 radical (unpaired) electrons. The number of nitrogens with two attached hydrogens (primary N) is 1. The molecule has 1 aliphatic carbocycles. The second-order valence-electron chi connectivity index (χ2n) is 3.83. The fourth-order valence-corrected chi connectivity index (χ4v) is 2.47. The van der Waals surface area contributed by atoms with E-state index in [1.54, 1.807) is 0 Å². The van der Waals surface area contributed by atoms with Crippen molar-refractivity contribution in [1.82, 2.24) is 0 Å². The van der Waals surface area contributed by atoms with Crippen LogP contribution in [0.5, 0.6) is 0 Å². The molecule has 0 aromatic heterocycles. The highest BCUT2D eigenvalue weighted by Gasteiger charge is 2.51. The monoisotopic (exact) mass is 239 g/mol. The van der Waals surface area contributed by atoms with Crippen LogP contribution >= 0.6 is 15.9 Å². The largest absolute Gasteiger partial charge is 0.327 e. The number of hydrogen-bond donors (Lipinski definition) is 1. The van der Waals surface area contributed by atoms with E-state index < -0.39 is 0 Å². The van der Waals surface area contributed by atoms with Crippen LogP contribution in [0.15, 0.2) is 28.7 Å². The molecule has 0 amide bonds. The van der Waals surface area contributed by atoms with Crippen molar-refractivity contribution in [3.8, 4) is 0 Å². The van der Waals surface area contributed by atoms with Crippen molar-refractivity contribution in [1.29, 1.82) is 0 Å². The van der Waals surface area contributed by atoms with Gasteiger partial charge in [0.1, 0.15) is 0 Å². The van der Waals surface area contributed by atoms with E-state index in [0.29, 0.717) is 6.04 Å². The molecule has 0 saturated heterocycles. The van der Waals surface area contributed by atoms with Gasteiger partial charge in [0.25, 0.3) is 0 Å². The summed E-state index contributed by atoms with van der Waals surface area (Å²) >= 11 is 3.49. The molecule has 1 aromatic rings.